The molecule has 1 aliphatic rings. The average molecular weight is 154 g/mol. The quantitative estimate of drug-likeness (QED) is 0.483. The summed E-state index contributed by atoms with van der Waals surface area (Å²) in [5.74, 6) is -0.0557. The van der Waals surface area contributed by atoms with Crippen LogP contribution < -0.4 is 0 Å². The number of morpholine rings is 1. The van der Waals surface area contributed by atoms with Crippen LogP contribution in [0.25, 0.3) is 0 Å². The van der Waals surface area contributed by atoms with Crippen LogP contribution in [0.4, 0.5) is 0 Å². The standard InChI is InChI=1S/C7H10N2O2/c1-6(10)9-2-3-11-5-7(9)4-8/h7H,2-3,5H2,1H3/t7-/m1/s1. The molecule has 1 aliphatic heterocycles. The molecule has 0 aromatic rings. The highest BCUT2D eigenvalue weighted by Gasteiger charge is 2.23. The Labute approximate surface area is 65.4 Å². The molecule has 60 valence electrons. The van der Waals surface area contributed by atoms with E-state index in [2.05, 4.69) is 0 Å². The van der Waals surface area contributed by atoms with Gasteiger partial charge in [0.2, 0.25) is 5.91 Å². The van der Waals surface area contributed by atoms with Crippen molar-refractivity contribution in [2.45, 2.75) is 13.0 Å². The first kappa shape index (κ1) is 8.02. The fourth-order valence-corrected chi connectivity index (χ4v) is 1.09. The van der Waals surface area contributed by atoms with Gasteiger partial charge in [-0.2, -0.15) is 5.26 Å². The van der Waals surface area contributed by atoms with Gasteiger partial charge in [-0.3, -0.25) is 4.79 Å². The van der Waals surface area contributed by atoms with Gasteiger partial charge in [-0.15, -0.1) is 0 Å². The molecule has 0 spiro atoms. The van der Waals surface area contributed by atoms with Crippen LogP contribution in [0.3, 0.4) is 0 Å². The van der Waals surface area contributed by atoms with Crippen LogP contribution in [-0.4, -0.2) is 36.6 Å². The molecule has 0 aliphatic carbocycles. The molecule has 1 heterocycles. The van der Waals surface area contributed by atoms with Gasteiger partial charge >= 0.3 is 0 Å². The molecule has 4 nitrogen and oxygen atoms in total. The van der Waals surface area contributed by atoms with Gasteiger partial charge in [0.25, 0.3) is 0 Å². The van der Waals surface area contributed by atoms with Crippen molar-refractivity contribution in [1.82, 2.24) is 4.90 Å². The molecule has 0 aromatic carbocycles. The van der Waals surface area contributed by atoms with Crippen molar-refractivity contribution < 1.29 is 9.53 Å². The number of carbonyl (C=O) groups is 1. The number of nitriles is 1. The Hall–Kier alpha value is -1.08. The van der Waals surface area contributed by atoms with E-state index in [4.69, 9.17) is 10.00 Å². The minimum Gasteiger partial charge on any atom is -0.376 e. The van der Waals surface area contributed by atoms with E-state index in [0.29, 0.717) is 19.8 Å². The largest absolute Gasteiger partial charge is 0.376 e. The number of carbonyl (C=O) groups excluding carboxylic acids is 1. The molecular weight excluding hydrogens is 144 g/mol. The molecule has 0 aromatic heterocycles. The van der Waals surface area contributed by atoms with Gasteiger partial charge in [-0.05, 0) is 0 Å². The van der Waals surface area contributed by atoms with Crippen molar-refractivity contribution >= 4 is 5.91 Å². The summed E-state index contributed by atoms with van der Waals surface area (Å²) in [7, 11) is 0. The van der Waals surface area contributed by atoms with Crippen molar-refractivity contribution in [3.63, 3.8) is 0 Å². The summed E-state index contributed by atoms with van der Waals surface area (Å²) in [6.45, 7) is 2.89. The minimum atomic E-state index is -0.388. The first-order chi connectivity index (χ1) is 5.25. The lowest BCUT2D eigenvalue weighted by Gasteiger charge is -2.30. The van der Waals surface area contributed by atoms with Crippen LogP contribution >= 0.6 is 0 Å². The maximum atomic E-state index is 10.9. The number of nitrogens with zero attached hydrogens (tertiary/aromatic N) is 2. The van der Waals surface area contributed by atoms with Crippen molar-refractivity contribution in [3.8, 4) is 6.07 Å². The van der Waals surface area contributed by atoms with Gasteiger partial charge in [0.05, 0.1) is 19.3 Å². The van der Waals surface area contributed by atoms with E-state index in [-0.39, 0.29) is 11.9 Å². The number of hydrogen-bond acceptors (Lipinski definition) is 3. The molecule has 0 N–H and O–H groups in total. The topological polar surface area (TPSA) is 53.3 Å². The second-order valence-electron chi connectivity index (χ2n) is 2.43. The predicted octanol–water partition coefficient (Wildman–Crippen LogP) is -0.243. The summed E-state index contributed by atoms with van der Waals surface area (Å²) in [4.78, 5) is 12.4. The molecule has 1 atom stereocenters. The Bertz CT molecular complexity index is 197. The Morgan fingerprint density at radius 2 is 2.55 bits per heavy atom. The molecule has 1 amide bonds. The molecule has 1 rings (SSSR count). The second-order valence-corrected chi connectivity index (χ2v) is 2.43. The Kier molecular flexibility index (Phi) is 2.44. The molecule has 0 radical (unpaired) electrons. The average Bonchev–Trinajstić information content (AvgIpc) is 2.04. The van der Waals surface area contributed by atoms with E-state index >= 15 is 0 Å². The van der Waals surface area contributed by atoms with Gasteiger partial charge in [0.15, 0.2) is 0 Å². The lowest BCUT2D eigenvalue weighted by Crippen LogP contribution is -2.46. The molecule has 11 heavy (non-hydrogen) atoms. The van der Waals surface area contributed by atoms with Gasteiger partial charge in [-0.1, -0.05) is 0 Å². The maximum absolute atomic E-state index is 10.9. The van der Waals surface area contributed by atoms with Gasteiger partial charge in [0, 0.05) is 13.5 Å². The molecule has 4 heteroatoms. The van der Waals surface area contributed by atoms with E-state index in [0.717, 1.165) is 0 Å². The molecule has 0 saturated carbocycles. The first-order valence-electron chi connectivity index (χ1n) is 3.50. The van der Waals surface area contributed by atoms with Crippen LogP contribution in [0.5, 0.6) is 0 Å². The molecular formula is C7H10N2O2. The summed E-state index contributed by atoms with van der Waals surface area (Å²) >= 11 is 0. The highest BCUT2D eigenvalue weighted by atomic mass is 16.5. The smallest absolute Gasteiger partial charge is 0.220 e. The Morgan fingerprint density at radius 1 is 1.82 bits per heavy atom. The fourth-order valence-electron chi connectivity index (χ4n) is 1.09. The van der Waals surface area contributed by atoms with E-state index in [1.54, 1.807) is 0 Å². The molecule has 1 fully saturated rings. The Balaban J connectivity index is 2.60. The van der Waals surface area contributed by atoms with Crippen molar-refractivity contribution in [1.29, 1.82) is 5.26 Å². The summed E-state index contributed by atoms with van der Waals surface area (Å²) in [5, 5.41) is 8.59. The zero-order valence-electron chi connectivity index (χ0n) is 6.41. The van der Waals surface area contributed by atoms with Gasteiger partial charge < -0.3 is 9.64 Å². The van der Waals surface area contributed by atoms with E-state index in [1.807, 2.05) is 6.07 Å². The second kappa shape index (κ2) is 3.35. The maximum Gasteiger partial charge on any atom is 0.220 e. The third-order valence-electron chi connectivity index (χ3n) is 1.68. The number of amides is 1. The summed E-state index contributed by atoms with van der Waals surface area (Å²) < 4.78 is 5.04. The van der Waals surface area contributed by atoms with Crippen molar-refractivity contribution in [2.24, 2.45) is 0 Å². The van der Waals surface area contributed by atoms with E-state index in [1.165, 1.54) is 11.8 Å². The predicted molar refractivity (Wildman–Crippen MR) is 37.6 cm³/mol. The number of hydrogen-bond donors (Lipinski definition) is 0. The highest BCUT2D eigenvalue weighted by Crippen LogP contribution is 2.05. The summed E-state index contributed by atoms with van der Waals surface area (Å²) in [6, 6.07) is 1.63. The van der Waals surface area contributed by atoms with Crippen LogP contribution in [-0.2, 0) is 9.53 Å². The molecule has 1 saturated heterocycles. The third-order valence-corrected chi connectivity index (χ3v) is 1.68. The SMILES string of the molecule is CC(=O)N1CCOC[C@H]1C#N. The monoisotopic (exact) mass is 154 g/mol. The zero-order chi connectivity index (χ0) is 8.27. The van der Waals surface area contributed by atoms with Crippen LogP contribution in [0.2, 0.25) is 0 Å². The first-order valence-corrected chi connectivity index (χ1v) is 3.50. The lowest BCUT2D eigenvalue weighted by molar-refractivity contribution is -0.135. The highest BCUT2D eigenvalue weighted by molar-refractivity contribution is 5.74. The van der Waals surface area contributed by atoms with Gasteiger partial charge in [-0.25, -0.2) is 0 Å². The fraction of sp³-hybridized carbons (Fsp3) is 0.714. The van der Waals surface area contributed by atoms with Crippen LogP contribution in [0.15, 0.2) is 0 Å². The number of rotatable bonds is 0. The van der Waals surface area contributed by atoms with E-state index in [9.17, 15) is 4.79 Å². The summed E-state index contributed by atoms with van der Waals surface area (Å²) in [6.07, 6.45) is 0. The molecule has 0 bridgehead atoms. The minimum absolute atomic E-state index is 0.0557. The normalized spacial score (nSPS) is 24.4. The lowest BCUT2D eigenvalue weighted by atomic mass is 10.2. The Morgan fingerprint density at radius 3 is 3.00 bits per heavy atom. The van der Waals surface area contributed by atoms with Crippen LogP contribution in [0, 0.1) is 11.3 Å². The third kappa shape index (κ3) is 1.69. The van der Waals surface area contributed by atoms with E-state index < -0.39 is 0 Å². The van der Waals surface area contributed by atoms with Gasteiger partial charge in [0.1, 0.15) is 6.04 Å². The zero-order valence-corrected chi connectivity index (χ0v) is 6.41. The molecule has 0 unspecified atom stereocenters. The van der Waals surface area contributed by atoms with Crippen molar-refractivity contribution in [2.75, 3.05) is 19.8 Å². The number of ether oxygens (including phenoxy) is 1. The summed E-state index contributed by atoms with van der Waals surface area (Å²) in [5.41, 5.74) is 0. The van der Waals surface area contributed by atoms with Crippen LogP contribution in [0.1, 0.15) is 6.92 Å². The van der Waals surface area contributed by atoms with Crippen molar-refractivity contribution in [3.05, 3.63) is 0 Å².